The molecule has 5 nitrogen and oxygen atoms in total. The zero-order valence-electron chi connectivity index (χ0n) is 12.8. The summed E-state index contributed by atoms with van der Waals surface area (Å²) in [6.45, 7) is 2.09. The lowest BCUT2D eigenvalue weighted by molar-refractivity contribution is -0.142. The van der Waals surface area contributed by atoms with Gasteiger partial charge in [-0.1, -0.05) is 0 Å². The lowest BCUT2D eigenvalue weighted by Crippen LogP contribution is -2.44. The number of methoxy groups -OCH3 is 1. The van der Waals surface area contributed by atoms with Crippen LogP contribution in [0.2, 0.25) is 0 Å². The van der Waals surface area contributed by atoms with Crippen LogP contribution in [0, 0.1) is 5.92 Å². The summed E-state index contributed by atoms with van der Waals surface area (Å²) < 4.78 is 10.1. The van der Waals surface area contributed by atoms with Gasteiger partial charge in [-0.2, -0.15) is 0 Å². The van der Waals surface area contributed by atoms with Crippen LogP contribution in [0.5, 0.6) is 5.75 Å². The third-order valence-corrected chi connectivity index (χ3v) is 4.62. The van der Waals surface area contributed by atoms with Crippen LogP contribution in [-0.2, 0) is 9.53 Å². The molecule has 0 aromatic heterocycles. The van der Waals surface area contributed by atoms with Gasteiger partial charge >= 0.3 is 5.97 Å². The van der Waals surface area contributed by atoms with Gasteiger partial charge in [0.05, 0.1) is 13.7 Å². The van der Waals surface area contributed by atoms with Gasteiger partial charge in [-0.25, -0.2) is 0 Å². The number of nitrogens with zero attached hydrogens (tertiary/aromatic N) is 1. The number of carbonyl (C=O) groups excluding carboxylic acids is 2. The van der Waals surface area contributed by atoms with Crippen molar-refractivity contribution in [3.8, 4) is 5.75 Å². The van der Waals surface area contributed by atoms with E-state index in [4.69, 9.17) is 9.47 Å². The van der Waals surface area contributed by atoms with Gasteiger partial charge in [0.2, 0.25) is 0 Å². The number of hydrogen-bond acceptors (Lipinski definition) is 5. The fraction of sp³-hybridized carbons (Fsp3) is 0.529. The van der Waals surface area contributed by atoms with Gasteiger partial charge in [0.25, 0.3) is 0 Å². The molecule has 2 heterocycles. The number of likely N-dealkylation sites (tertiary alicyclic amines) is 1. The summed E-state index contributed by atoms with van der Waals surface area (Å²) in [4.78, 5) is 26.3. The Kier molecular flexibility index (Phi) is 4.43. The van der Waals surface area contributed by atoms with Gasteiger partial charge in [0, 0.05) is 17.9 Å². The first-order chi connectivity index (χ1) is 10.7. The average Bonchev–Trinajstić information content (AvgIpc) is 3.00. The molecule has 2 fully saturated rings. The minimum atomic E-state index is -0.111. The number of cyclic esters (lactones) is 1. The molecule has 3 rings (SSSR count). The molecule has 1 aromatic rings. The summed E-state index contributed by atoms with van der Waals surface area (Å²) in [5.74, 6) is 0.879. The van der Waals surface area contributed by atoms with Gasteiger partial charge in [0.15, 0.2) is 5.78 Å². The van der Waals surface area contributed by atoms with E-state index in [1.807, 2.05) is 24.3 Å². The number of ether oxygens (including phenoxy) is 2. The molecule has 1 unspecified atom stereocenters. The van der Waals surface area contributed by atoms with Crippen LogP contribution >= 0.6 is 0 Å². The average molecular weight is 303 g/mol. The van der Waals surface area contributed by atoms with E-state index in [1.54, 1.807) is 7.11 Å². The Morgan fingerprint density at radius 1 is 1.18 bits per heavy atom. The van der Waals surface area contributed by atoms with E-state index < -0.39 is 0 Å². The number of rotatable bonds is 4. The van der Waals surface area contributed by atoms with E-state index in [0.717, 1.165) is 43.7 Å². The number of benzene rings is 1. The van der Waals surface area contributed by atoms with Crippen molar-refractivity contribution in [3.63, 3.8) is 0 Å². The maximum atomic E-state index is 12.5. The summed E-state index contributed by atoms with van der Waals surface area (Å²) in [6, 6.07) is 7.18. The topological polar surface area (TPSA) is 55.8 Å². The van der Waals surface area contributed by atoms with Crippen LogP contribution in [0.1, 0.15) is 29.6 Å². The Morgan fingerprint density at radius 2 is 1.86 bits per heavy atom. The third kappa shape index (κ3) is 2.99. The molecular weight excluding hydrogens is 282 g/mol. The van der Waals surface area contributed by atoms with Crippen molar-refractivity contribution in [2.75, 3.05) is 26.8 Å². The molecule has 2 aliphatic rings. The molecule has 0 radical (unpaired) electrons. The predicted octanol–water partition coefficient (Wildman–Crippen LogP) is 1.91. The summed E-state index contributed by atoms with van der Waals surface area (Å²) in [5.41, 5.74) is 0.736. The van der Waals surface area contributed by atoms with Crippen molar-refractivity contribution in [1.29, 1.82) is 0 Å². The fourth-order valence-electron chi connectivity index (χ4n) is 3.28. The standard InChI is InChI=1S/C17H21NO4/c1-21-14-4-2-12(3-5-14)16(19)13-6-9-18(10-7-13)15-8-11-22-17(15)20/h2-5,13,15H,6-11H2,1H3. The molecule has 1 atom stereocenters. The molecule has 0 aliphatic carbocycles. The van der Waals surface area contributed by atoms with E-state index in [1.165, 1.54) is 0 Å². The molecule has 2 aliphatic heterocycles. The molecule has 22 heavy (non-hydrogen) atoms. The van der Waals surface area contributed by atoms with Crippen LogP contribution in [0.4, 0.5) is 0 Å². The number of esters is 1. The second-order valence-electron chi connectivity index (χ2n) is 5.87. The summed E-state index contributed by atoms with van der Waals surface area (Å²) in [5, 5.41) is 0. The first kappa shape index (κ1) is 15.0. The lowest BCUT2D eigenvalue weighted by atomic mass is 9.88. The molecule has 2 saturated heterocycles. The zero-order chi connectivity index (χ0) is 15.5. The Hall–Kier alpha value is -1.88. The van der Waals surface area contributed by atoms with Crippen LogP contribution in [0.25, 0.3) is 0 Å². The summed E-state index contributed by atoms with van der Waals surface area (Å²) in [7, 11) is 1.61. The highest BCUT2D eigenvalue weighted by molar-refractivity contribution is 5.98. The SMILES string of the molecule is COc1ccc(C(=O)C2CCN(C3CCOC3=O)CC2)cc1. The van der Waals surface area contributed by atoms with Gasteiger partial charge in [-0.15, -0.1) is 0 Å². The van der Waals surface area contributed by atoms with E-state index in [9.17, 15) is 9.59 Å². The maximum absolute atomic E-state index is 12.5. The van der Waals surface area contributed by atoms with Gasteiger partial charge in [-0.05, 0) is 50.2 Å². The van der Waals surface area contributed by atoms with Gasteiger partial charge in [-0.3, -0.25) is 14.5 Å². The Morgan fingerprint density at radius 3 is 2.41 bits per heavy atom. The quantitative estimate of drug-likeness (QED) is 0.628. The number of ketones is 1. The Balaban J connectivity index is 1.58. The largest absolute Gasteiger partial charge is 0.497 e. The normalized spacial score (nSPS) is 23.3. The van der Waals surface area contributed by atoms with Gasteiger partial charge in [0.1, 0.15) is 11.8 Å². The van der Waals surface area contributed by atoms with Crippen molar-refractivity contribution < 1.29 is 19.1 Å². The second kappa shape index (κ2) is 6.48. The van der Waals surface area contributed by atoms with Crippen LogP contribution in [0.3, 0.4) is 0 Å². The summed E-state index contributed by atoms with van der Waals surface area (Å²) in [6.07, 6.45) is 2.37. The van der Waals surface area contributed by atoms with Crippen molar-refractivity contribution in [1.82, 2.24) is 4.90 Å². The molecule has 0 amide bonds. The lowest BCUT2D eigenvalue weighted by Gasteiger charge is -2.33. The van der Waals surface area contributed by atoms with Crippen molar-refractivity contribution in [2.24, 2.45) is 5.92 Å². The smallest absolute Gasteiger partial charge is 0.323 e. The van der Waals surface area contributed by atoms with E-state index in [2.05, 4.69) is 4.90 Å². The molecule has 1 aromatic carbocycles. The first-order valence-electron chi connectivity index (χ1n) is 7.78. The van der Waals surface area contributed by atoms with Crippen LogP contribution in [-0.4, -0.2) is 49.5 Å². The monoisotopic (exact) mass is 303 g/mol. The van der Waals surface area contributed by atoms with Crippen LogP contribution in [0.15, 0.2) is 24.3 Å². The third-order valence-electron chi connectivity index (χ3n) is 4.62. The molecule has 118 valence electrons. The minimum Gasteiger partial charge on any atom is -0.497 e. The van der Waals surface area contributed by atoms with Crippen LogP contribution < -0.4 is 4.74 Å². The number of Topliss-reactive ketones (excluding diaryl/α,β-unsaturated/α-hetero) is 1. The highest BCUT2D eigenvalue weighted by Crippen LogP contribution is 2.26. The van der Waals surface area contributed by atoms with E-state index >= 15 is 0 Å². The Labute approximate surface area is 130 Å². The molecule has 0 N–H and O–H groups in total. The number of piperidine rings is 1. The molecule has 5 heteroatoms. The molecule has 0 spiro atoms. The molecular formula is C17H21NO4. The highest BCUT2D eigenvalue weighted by Gasteiger charge is 2.35. The highest BCUT2D eigenvalue weighted by atomic mass is 16.5. The molecule has 0 saturated carbocycles. The maximum Gasteiger partial charge on any atom is 0.323 e. The minimum absolute atomic E-state index is 0.0436. The predicted molar refractivity (Wildman–Crippen MR) is 81.0 cm³/mol. The molecule has 0 bridgehead atoms. The fourth-order valence-corrected chi connectivity index (χ4v) is 3.28. The Bertz CT molecular complexity index is 546. The van der Waals surface area contributed by atoms with Crippen molar-refractivity contribution >= 4 is 11.8 Å². The summed E-state index contributed by atoms with van der Waals surface area (Å²) >= 11 is 0. The second-order valence-corrected chi connectivity index (χ2v) is 5.87. The van der Waals surface area contributed by atoms with Gasteiger partial charge < -0.3 is 9.47 Å². The van der Waals surface area contributed by atoms with Crippen molar-refractivity contribution in [3.05, 3.63) is 29.8 Å². The first-order valence-corrected chi connectivity index (χ1v) is 7.78. The zero-order valence-corrected chi connectivity index (χ0v) is 12.8. The number of hydrogen-bond donors (Lipinski definition) is 0. The number of carbonyl (C=O) groups is 2. The van der Waals surface area contributed by atoms with E-state index in [0.29, 0.717) is 6.61 Å². The van der Waals surface area contributed by atoms with Crippen molar-refractivity contribution in [2.45, 2.75) is 25.3 Å². The van der Waals surface area contributed by atoms with E-state index in [-0.39, 0.29) is 23.7 Å².